The third-order valence-electron chi connectivity index (χ3n) is 5.10. The van der Waals surface area contributed by atoms with Crippen LogP contribution in [0, 0.1) is 11.3 Å². The molecule has 19 heavy (non-hydrogen) atoms. The van der Waals surface area contributed by atoms with Gasteiger partial charge in [-0.25, -0.2) is 0 Å². The molecule has 2 rings (SSSR count). The van der Waals surface area contributed by atoms with E-state index in [1.807, 2.05) is 4.90 Å². The van der Waals surface area contributed by atoms with Crippen LogP contribution in [-0.4, -0.2) is 34.4 Å². The van der Waals surface area contributed by atoms with Gasteiger partial charge in [-0.15, -0.1) is 0 Å². The van der Waals surface area contributed by atoms with Gasteiger partial charge in [-0.05, 0) is 38.5 Å². The summed E-state index contributed by atoms with van der Waals surface area (Å²) in [5.41, 5.74) is 5.10. The van der Waals surface area contributed by atoms with Crippen LogP contribution in [0.5, 0.6) is 0 Å². The van der Waals surface area contributed by atoms with Crippen molar-refractivity contribution in [1.82, 2.24) is 4.90 Å². The number of nitrogens with two attached hydrogens (primary N) is 1. The van der Waals surface area contributed by atoms with Crippen molar-refractivity contribution >= 4 is 11.7 Å². The number of hydrogen-bond donors (Lipinski definition) is 2. The molecule has 1 saturated carbocycles. The van der Waals surface area contributed by atoms with Gasteiger partial charge in [-0.2, -0.15) is 0 Å². The number of piperidine rings is 1. The molecule has 108 valence electrons. The molecule has 2 atom stereocenters. The van der Waals surface area contributed by atoms with Gasteiger partial charge in [0, 0.05) is 12.6 Å². The first-order chi connectivity index (χ1) is 9.03. The Kier molecular flexibility index (Phi) is 4.02. The number of amides is 1. The van der Waals surface area contributed by atoms with Gasteiger partial charge in [-0.1, -0.05) is 24.9 Å². The fourth-order valence-corrected chi connectivity index (χ4v) is 3.55. The van der Waals surface area contributed by atoms with Crippen LogP contribution in [0.25, 0.3) is 0 Å². The Morgan fingerprint density at radius 1 is 1.32 bits per heavy atom. The average Bonchev–Trinajstić information content (AvgIpc) is 2.91. The van der Waals surface area contributed by atoms with E-state index in [4.69, 9.17) is 10.9 Å². The number of carbonyl (C=O) groups excluding carboxylic acids is 1. The molecule has 1 heterocycles. The first-order valence-electron chi connectivity index (χ1n) is 7.32. The van der Waals surface area contributed by atoms with Crippen LogP contribution in [-0.2, 0) is 4.79 Å². The van der Waals surface area contributed by atoms with Gasteiger partial charge in [0.2, 0.25) is 5.91 Å². The van der Waals surface area contributed by atoms with Crippen molar-refractivity contribution in [2.24, 2.45) is 22.2 Å². The second-order valence-electron chi connectivity index (χ2n) is 6.13. The monoisotopic (exact) mass is 267 g/mol. The van der Waals surface area contributed by atoms with Crippen molar-refractivity contribution in [2.45, 2.75) is 58.4 Å². The molecule has 1 saturated heterocycles. The molecule has 0 aromatic rings. The molecule has 1 amide bonds. The molecule has 1 aliphatic carbocycles. The zero-order valence-electron chi connectivity index (χ0n) is 11.9. The Balaban J connectivity index is 2.25. The van der Waals surface area contributed by atoms with Crippen LogP contribution >= 0.6 is 0 Å². The topological polar surface area (TPSA) is 78.9 Å². The second-order valence-corrected chi connectivity index (χ2v) is 6.13. The van der Waals surface area contributed by atoms with E-state index in [1.165, 1.54) is 6.42 Å². The van der Waals surface area contributed by atoms with E-state index in [0.29, 0.717) is 18.8 Å². The molecule has 2 fully saturated rings. The number of rotatable bonds is 2. The molecule has 0 aromatic heterocycles. The highest BCUT2D eigenvalue weighted by molar-refractivity contribution is 6.07. The Morgan fingerprint density at radius 2 is 1.95 bits per heavy atom. The normalized spacial score (nSPS) is 31.5. The fraction of sp³-hybridized carbons (Fsp3) is 0.857. The predicted molar refractivity (Wildman–Crippen MR) is 73.9 cm³/mol. The van der Waals surface area contributed by atoms with Crippen LogP contribution in [0.3, 0.4) is 0 Å². The van der Waals surface area contributed by atoms with E-state index in [0.717, 1.165) is 25.8 Å². The maximum atomic E-state index is 12.9. The summed E-state index contributed by atoms with van der Waals surface area (Å²) < 4.78 is 0. The number of oxime groups is 1. The Bertz CT molecular complexity index is 375. The minimum atomic E-state index is -0.750. The SMILES string of the molecule is CC1CCCN(C(=O)C2(C(N)=NO)CCCC2)C1C. The van der Waals surface area contributed by atoms with Crippen LogP contribution in [0.2, 0.25) is 0 Å². The van der Waals surface area contributed by atoms with Crippen molar-refractivity contribution in [3.63, 3.8) is 0 Å². The molecule has 0 spiro atoms. The van der Waals surface area contributed by atoms with Gasteiger partial charge in [-0.3, -0.25) is 4.79 Å². The lowest BCUT2D eigenvalue weighted by Gasteiger charge is -2.42. The molecule has 0 aromatic carbocycles. The predicted octanol–water partition coefficient (Wildman–Crippen LogP) is 1.94. The minimum Gasteiger partial charge on any atom is -0.409 e. The maximum absolute atomic E-state index is 12.9. The molecule has 1 aliphatic heterocycles. The zero-order chi connectivity index (χ0) is 14.0. The van der Waals surface area contributed by atoms with E-state index in [2.05, 4.69) is 19.0 Å². The van der Waals surface area contributed by atoms with Crippen molar-refractivity contribution in [3.8, 4) is 0 Å². The highest BCUT2D eigenvalue weighted by Crippen LogP contribution is 2.41. The smallest absolute Gasteiger partial charge is 0.236 e. The van der Waals surface area contributed by atoms with Gasteiger partial charge in [0.05, 0.1) is 0 Å². The summed E-state index contributed by atoms with van der Waals surface area (Å²) in [7, 11) is 0. The Labute approximate surface area is 114 Å². The van der Waals surface area contributed by atoms with Gasteiger partial charge in [0.15, 0.2) is 5.84 Å². The van der Waals surface area contributed by atoms with Crippen LogP contribution in [0.1, 0.15) is 52.4 Å². The molecular formula is C14H25N3O2. The number of nitrogens with zero attached hydrogens (tertiary/aromatic N) is 2. The third-order valence-corrected chi connectivity index (χ3v) is 5.10. The molecular weight excluding hydrogens is 242 g/mol. The maximum Gasteiger partial charge on any atom is 0.236 e. The lowest BCUT2D eigenvalue weighted by atomic mass is 9.81. The minimum absolute atomic E-state index is 0.0688. The van der Waals surface area contributed by atoms with Crippen molar-refractivity contribution in [1.29, 1.82) is 0 Å². The van der Waals surface area contributed by atoms with Gasteiger partial charge in [0.1, 0.15) is 5.41 Å². The van der Waals surface area contributed by atoms with E-state index in [-0.39, 0.29) is 17.8 Å². The Morgan fingerprint density at radius 3 is 2.53 bits per heavy atom. The average molecular weight is 267 g/mol. The van der Waals surface area contributed by atoms with Crippen molar-refractivity contribution < 1.29 is 10.0 Å². The highest BCUT2D eigenvalue weighted by Gasteiger charge is 2.49. The molecule has 0 radical (unpaired) electrons. The summed E-state index contributed by atoms with van der Waals surface area (Å²) in [5.74, 6) is 0.684. The van der Waals surface area contributed by atoms with Gasteiger partial charge >= 0.3 is 0 Å². The van der Waals surface area contributed by atoms with Crippen LogP contribution < -0.4 is 5.73 Å². The zero-order valence-corrected chi connectivity index (χ0v) is 11.9. The summed E-state index contributed by atoms with van der Waals surface area (Å²) in [6.45, 7) is 5.09. The van der Waals surface area contributed by atoms with Gasteiger partial charge in [0.25, 0.3) is 0 Å². The van der Waals surface area contributed by atoms with E-state index < -0.39 is 5.41 Å². The molecule has 5 heteroatoms. The summed E-state index contributed by atoms with van der Waals surface area (Å²) >= 11 is 0. The first-order valence-corrected chi connectivity index (χ1v) is 7.32. The van der Waals surface area contributed by atoms with Crippen LogP contribution in [0.4, 0.5) is 0 Å². The summed E-state index contributed by atoms with van der Waals surface area (Å²) in [6.07, 6.45) is 5.57. The second kappa shape index (κ2) is 5.39. The fourth-order valence-electron chi connectivity index (χ4n) is 3.55. The quantitative estimate of drug-likeness (QED) is 0.347. The number of hydrogen-bond acceptors (Lipinski definition) is 3. The molecule has 5 nitrogen and oxygen atoms in total. The molecule has 0 bridgehead atoms. The number of carbonyl (C=O) groups is 1. The molecule has 2 unspecified atom stereocenters. The van der Waals surface area contributed by atoms with Crippen molar-refractivity contribution in [2.75, 3.05) is 6.54 Å². The van der Waals surface area contributed by atoms with Crippen molar-refractivity contribution in [3.05, 3.63) is 0 Å². The third kappa shape index (κ3) is 2.30. The number of likely N-dealkylation sites (tertiary alicyclic amines) is 1. The van der Waals surface area contributed by atoms with E-state index >= 15 is 0 Å². The van der Waals surface area contributed by atoms with E-state index in [1.54, 1.807) is 0 Å². The lowest BCUT2D eigenvalue weighted by Crippen LogP contribution is -2.55. The standard InChI is InChI=1S/C14H25N3O2/c1-10-6-5-9-17(11(10)2)13(18)14(12(15)16-19)7-3-4-8-14/h10-11,19H,3-9H2,1-2H3,(H2,15,16). The lowest BCUT2D eigenvalue weighted by molar-refractivity contribution is -0.143. The first kappa shape index (κ1) is 14.2. The largest absolute Gasteiger partial charge is 0.409 e. The van der Waals surface area contributed by atoms with E-state index in [9.17, 15) is 4.79 Å². The summed E-state index contributed by atoms with van der Waals surface area (Å²) in [6, 6.07) is 0.241. The molecule has 3 N–H and O–H groups in total. The summed E-state index contributed by atoms with van der Waals surface area (Å²) in [4.78, 5) is 14.9. The van der Waals surface area contributed by atoms with Crippen LogP contribution in [0.15, 0.2) is 5.16 Å². The Hall–Kier alpha value is -1.26. The van der Waals surface area contributed by atoms with Gasteiger partial charge < -0.3 is 15.8 Å². The number of amidine groups is 1. The molecule has 2 aliphatic rings. The summed E-state index contributed by atoms with van der Waals surface area (Å²) in [5, 5.41) is 12.2. The highest BCUT2D eigenvalue weighted by atomic mass is 16.4.